The zero-order valence-electron chi connectivity index (χ0n) is 10.9. The van der Waals surface area contributed by atoms with Gasteiger partial charge in [-0.3, -0.25) is 14.5 Å². The number of carbonyl (C=O) groups excluding carboxylic acids is 2. The topological polar surface area (TPSA) is 49.4 Å². The second kappa shape index (κ2) is 5.29. The lowest BCUT2D eigenvalue weighted by Gasteiger charge is -2.16. The van der Waals surface area contributed by atoms with Crippen LogP contribution in [-0.2, 0) is 9.59 Å². The Kier molecular flexibility index (Phi) is 3.49. The Morgan fingerprint density at radius 3 is 2.15 bits per heavy atom. The summed E-state index contributed by atoms with van der Waals surface area (Å²) in [7, 11) is 0. The van der Waals surface area contributed by atoms with Crippen LogP contribution in [0.15, 0.2) is 36.4 Å². The molecule has 2 amide bonds. The number of likely N-dealkylation sites (tertiary alicyclic amines) is 1. The van der Waals surface area contributed by atoms with Crippen LogP contribution >= 0.6 is 11.6 Å². The summed E-state index contributed by atoms with van der Waals surface area (Å²) in [5.41, 5.74) is 0.836. The van der Waals surface area contributed by atoms with Crippen molar-refractivity contribution in [2.75, 3.05) is 12.0 Å². The maximum absolute atomic E-state index is 12.2. The number of hydrogen-bond donors (Lipinski definition) is 1. The lowest BCUT2D eigenvalue weighted by atomic mass is 9.85. The molecule has 1 N–H and O–H groups in total. The number of allylic oxidation sites excluding steroid dienone is 2. The molecule has 0 bridgehead atoms. The van der Waals surface area contributed by atoms with Gasteiger partial charge >= 0.3 is 0 Å². The van der Waals surface area contributed by atoms with E-state index in [1.54, 1.807) is 12.1 Å². The summed E-state index contributed by atoms with van der Waals surface area (Å²) < 4.78 is 0. The Bertz CT molecular complexity index is 542. The fraction of sp³-hybridized carbons (Fsp3) is 0.333. The number of benzene rings is 1. The molecule has 2 atom stereocenters. The Morgan fingerprint density at radius 1 is 1.05 bits per heavy atom. The summed E-state index contributed by atoms with van der Waals surface area (Å²) in [6, 6.07) is 7.17. The molecule has 1 fully saturated rings. The Balaban J connectivity index is 1.67. The number of halogens is 1. The first kappa shape index (κ1) is 13.2. The van der Waals surface area contributed by atoms with Crippen molar-refractivity contribution in [3.8, 4) is 0 Å². The Morgan fingerprint density at radius 2 is 1.60 bits per heavy atom. The molecule has 104 valence electrons. The fourth-order valence-corrected chi connectivity index (χ4v) is 2.89. The molecule has 2 aliphatic rings. The highest BCUT2D eigenvalue weighted by atomic mass is 35.5. The van der Waals surface area contributed by atoms with Gasteiger partial charge in [0.15, 0.2) is 0 Å². The van der Waals surface area contributed by atoms with Crippen molar-refractivity contribution in [2.24, 2.45) is 11.8 Å². The molecule has 3 rings (SSSR count). The standard InChI is InChI=1S/C15H15ClN2O2/c16-10-5-7-11(8-6-10)17-9-18-14(19)12-3-1-2-4-13(12)15(18)20/h1-2,5-8,12-13,17H,3-4,9H2. The van der Waals surface area contributed by atoms with E-state index in [2.05, 4.69) is 5.32 Å². The number of nitrogens with one attached hydrogen (secondary N) is 1. The van der Waals surface area contributed by atoms with Crippen molar-refractivity contribution in [3.05, 3.63) is 41.4 Å². The van der Waals surface area contributed by atoms with Gasteiger partial charge in [-0.15, -0.1) is 0 Å². The van der Waals surface area contributed by atoms with Crippen LogP contribution in [0, 0.1) is 11.8 Å². The minimum Gasteiger partial charge on any atom is -0.367 e. The van der Waals surface area contributed by atoms with E-state index in [9.17, 15) is 9.59 Å². The monoisotopic (exact) mass is 290 g/mol. The first-order valence-corrected chi connectivity index (χ1v) is 7.04. The Hall–Kier alpha value is -1.81. The van der Waals surface area contributed by atoms with Crippen LogP contribution in [-0.4, -0.2) is 23.4 Å². The quantitative estimate of drug-likeness (QED) is 0.688. The van der Waals surface area contributed by atoms with Crippen molar-refractivity contribution in [3.63, 3.8) is 0 Å². The largest absolute Gasteiger partial charge is 0.367 e. The van der Waals surface area contributed by atoms with Crippen LogP contribution in [0.25, 0.3) is 0 Å². The maximum Gasteiger partial charge on any atom is 0.234 e. The molecule has 20 heavy (non-hydrogen) atoms. The molecule has 0 saturated carbocycles. The highest BCUT2D eigenvalue weighted by Crippen LogP contribution is 2.34. The lowest BCUT2D eigenvalue weighted by Crippen LogP contribution is -2.35. The smallest absolute Gasteiger partial charge is 0.234 e. The molecule has 5 heteroatoms. The predicted molar refractivity (Wildman–Crippen MR) is 77.1 cm³/mol. The number of imide groups is 1. The molecule has 1 aliphatic carbocycles. The minimum atomic E-state index is -0.167. The van der Waals surface area contributed by atoms with Gasteiger partial charge in [0.05, 0.1) is 18.5 Å². The van der Waals surface area contributed by atoms with Crippen LogP contribution in [0.2, 0.25) is 5.02 Å². The van der Waals surface area contributed by atoms with E-state index < -0.39 is 0 Å². The van der Waals surface area contributed by atoms with E-state index in [4.69, 9.17) is 11.6 Å². The summed E-state index contributed by atoms with van der Waals surface area (Å²) in [5, 5.41) is 3.74. The summed E-state index contributed by atoms with van der Waals surface area (Å²) in [6.07, 6.45) is 5.32. The first-order chi connectivity index (χ1) is 9.66. The SMILES string of the molecule is O=C1C2CC=CCC2C(=O)N1CNc1ccc(Cl)cc1. The van der Waals surface area contributed by atoms with Crippen molar-refractivity contribution in [1.29, 1.82) is 0 Å². The molecule has 0 radical (unpaired) electrons. The third-order valence-corrected chi connectivity index (χ3v) is 4.14. The molecule has 1 saturated heterocycles. The first-order valence-electron chi connectivity index (χ1n) is 6.66. The van der Waals surface area contributed by atoms with Crippen molar-refractivity contribution < 1.29 is 9.59 Å². The van der Waals surface area contributed by atoms with Crippen LogP contribution in [0.5, 0.6) is 0 Å². The lowest BCUT2D eigenvalue weighted by molar-refractivity contribution is -0.139. The molecule has 1 aromatic carbocycles. The third kappa shape index (κ3) is 2.31. The van der Waals surface area contributed by atoms with Gasteiger partial charge in [0.2, 0.25) is 11.8 Å². The summed E-state index contributed by atoms with van der Waals surface area (Å²) in [4.78, 5) is 25.8. The van der Waals surface area contributed by atoms with E-state index in [1.165, 1.54) is 4.90 Å². The molecule has 0 aromatic heterocycles. The number of anilines is 1. The molecular formula is C15H15ClN2O2. The van der Waals surface area contributed by atoms with E-state index in [0.717, 1.165) is 5.69 Å². The maximum atomic E-state index is 12.2. The van der Waals surface area contributed by atoms with Crippen molar-refractivity contribution in [2.45, 2.75) is 12.8 Å². The van der Waals surface area contributed by atoms with Gasteiger partial charge in [-0.25, -0.2) is 0 Å². The zero-order valence-corrected chi connectivity index (χ0v) is 11.6. The van der Waals surface area contributed by atoms with E-state index in [-0.39, 0.29) is 30.3 Å². The van der Waals surface area contributed by atoms with Crippen LogP contribution in [0.1, 0.15) is 12.8 Å². The summed E-state index contributed by atoms with van der Waals surface area (Å²) in [6.45, 7) is 0.215. The number of fused-ring (bicyclic) bond motifs is 1. The second-order valence-corrected chi connectivity index (χ2v) is 5.54. The van der Waals surface area contributed by atoms with Gasteiger partial charge in [0.25, 0.3) is 0 Å². The fourth-order valence-electron chi connectivity index (χ4n) is 2.76. The van der Waals surface area contributed by atoms with Gasteiger partial charge in [0.1, 0.15) is 0 Å². The average molecular weight is 291 g/mol. The number of rotatable bonds is 3. The van der Waals surface area contributed by atoms with E-state index in [1.807, 2.05) is 24.3 Å². The number of hydrogen-bond acceptors (Lipinski definition) is 3. The Labute approximate surface area is 122 Å². The van der Waals surface area contributed by atoms with Crippen molar-refractivity contribution >= 4 is 29.1 Å². The number of nitrogens with zero attached hydrogens (tertiary/aromatic N) is 1. The molecule has 2 unspecified atom stereocenters. The van der Waals surface area contributed by atoms with Crippen molar-refractivity contribution in [1.82, 2.24) is 4.90 Å². The van der Waals surface area contributed by atoms with Gasteiger partial charge in [-0.05, 0) is 37.1 Å². The van der Waals surface area contributed by atoms with Gasteiger partial charge < -0.3 is 5.32 Å². The second-order valence-electron chi connectivity index (χ2n) is 5.10. The third-order valence-electron chi connectivity index (χ3n) is 3.88. The zero-order chi connectivity index (χ0) is 14.1. The summed E-state index contributed by atoms with van der Waals surface area (Å²) in [5.74, 6) is -0.462. The number of amides is 2. The number of carbonyl (C=O) groups is 2. The van der Waals surface area contributed by atoms with E-state index in [0.29, 0.717) is 17.9 Å². The van der Waals surface area contributed by atoms with Gasteiger partial charge in [0, 0.05) is 10.7 Å². The minimum absolute atomic E-state index is 0.0641. The van der Waals surface area contributed by atoms with Crippen LogP contribution in [0.4, 0.5) is 5.69 Å². The molecule has 4 nitrogen and oxygen atoms in total. The molecule has 1 aromatic rings. The molecular weight excluding hydrogens is 276 g/mol. The normalized spacial score (nSPS) is 24.9. The average Bonchev–Trinajstić information content (AvgIpc) is 2.71. The van der Waals surface area contributed by atoms with Gasteiger partial charge in [-0.1, -0.05) is 23.8 Å². The molecule has 0 spiro atoms. The molecule has 1 heterocycles. The highest BCUT2D eigenvalue weighted by molar-refractivity contribution is 6.30. The van der Waals surface area contributed by atoms with Gasteiger partial charge in [-0.2, -0.15) is 0 Å². The highest BCUT2D eigenvalue weighted by Gasteiger charge is 2.46. The van der Waals surface area contributed by atoms with Crippen LogP contribution < -0.4 is 5.32 Å². The predicted octanol–water partition coefficient (Wildman–Crippen LogP) is 2.66. The van der Waals surface area contributed by atoms with Crippen LogP contribution in [0.3, 0.4) is 0 Å². The van der Waals surface area contributed by atoms with E-state index >= 15 is 0 Å². The molecule has 1 aliphatic heterocycles. The summed E-state index contributed by atoms with van der Waals surface area (Å²) >= 11 is 5.81.